The maximum absolute atomic E-state index is 11.7. The smallest absolute Gasteiger partial charge is 0.233 e. The van der Waals surface area contributed by atoms with Crippen LogP contribution in [0.1, 0.15) is 13.3 Å². The number of nitrogens with one attached hydrogen (secondary N) is 1. The van der Waals surface area contributed by atoms with E-state index in [9.17, 15) is 4.79 Å². The van der Waals surface area contributed by atoms with E-state index in [-0.39, 0.29) is 11.2 Å². The summed E-state index contributed by atoms with van der Waals surface area (Å²) in [5.41, 5.74) is 0. The number of hydrogen-bond acceptors (Lipinski definition) is 3. The third-order valence-corrected chi connectivity index (χ3v) is 3.36. The van der Waals surface area contributed by atoms with E-state index in [2.05, 4.69) is 5.32 Å². The number of benzene rings is 1. The van der Waals surface area contributed by atoms with Crippen molar-refractivity contribution in [1.29, 1.82) is 0 Å². The molecule has 1 N–H and O–H groups in total. The lowest BCUT2D eigenvalue weighted by atomic mass is 10.4. The standard InChI is InChI=1S/C13H19NO2S/c1-11(13(15)14-9-6-10-16-2)17-12-7-4-3-5-8-12/h3-5,7-8,11H,6,9-10H2,1-2H3,(H,14,15)/t11-/m1/s1. The van der Waals surface area contributed by atoms with Crippen LogP contribution in [0.4, 0.5) is 0 Å². The molecule has 0 saturated heterocycles. The molecule has 0 bridgehead atoms. The van der Waals surface area contributed by atoms with Crippen molar-refractivity contribution in [3.8, 4) is 0 Å². The number of carbonyl (C=O) groups is 1. The fourth-order valence-corrected chi connectivity index (χ4v) is 2.24. The van der Waals surface area contributed by atoms with Crippen LogP contribution in [0.15, 0.2) is 35.2 Å². The molecular formula is C13H19NO2S. The number of rotatable bonds is 7. The SMILES string of the molecule is COCCCNC(=O)[C@@H](C)Sc1ccccc1. The van der Waals surface area contributed by atoms with Gasteiger partial charge in [0.1, 0.15) is 0 Å². The van der Waals surface area contributed by atoms with Crippen molar-refractivity contribution in [3.63, 3.8) is 0 Å². The first-order chi connectivity index (χ1) is 8.24. The highest BCUT2D eigenvalue weighted by atomic mass is 32.2. The van der Waals surface area contributed by atoms with Gasteiger partial charge in [-0.3, -0.25) is 4.79 Å². The van der Waals surface area contributed by atoms with Gasteiger partial charge < -0.3 is 10.1 Å². The number of carbonyl (C=O) groups excluding carboxylic acids is 1. The molecule has 0 aliphatic heterocycles. The average molecular weight is 253 g/mol. The lowest BCUT2D eigenvalue weighted by Gasteiger charge is -2.11. The van der Waals surface area contributed by atoms with Gasteiger partial charge in [0.25, 0.3) is 0 Å². The first kappa shape index (κ1) is 14.1. The molecule has 0 saturated carbocycles. The molecule has 1 atom stereocenters. The Bertz CT molecular complexity index is 329. The Kier molecular flexibility index (Phi) is 6.74. The van der Waals surface area contributed by atoms with Crippen LogP contribution in [0.25, 0.3) is 0 Å². The summed E-state index contributed by atoms with van der Waals surface area (Å²) in [5, 5.41) is 2.83. The van der Waals surface area contributed by atoms with E-state index in [4.69, 9.17) is 4.74 Å². The van der Waals surface area contributed by atoms with E-state index >= 15 is 0 Å². The summed E-state index contributed by atoms with van der Waals surface area (Å²) in [7, 11) is 1.66. The van der Waals surface area contributed by atoms with Crippen molar-refractivity contribution >= 4 is 17.7 Å². The fraction of sp³-hybridized carbons (Fsp3) is 0.462. The molecule has 4 heteroatoms. The lowest BCUT2D eigenvalue weighted by Crippen LogP contribution is -2.32. The number of methoxy groups -OCH3 is 1. The molecule has 94 valence electrons. The summed E-state index contributed by atoms with van der Waals surface area (Å²) < 4.78 is 4.92. The zero-order valence-corrected chi connectivity index (χ0v) is 11.1. The zero-order valence-electron chi connectivity index (χ0n) is 10.3. The molecule has 1 aromatic carbocycles. The van der Waals surface area contributed by atoms with E-state index < -0.39 is 0 Å². The van der Waals surface area contributed by atoms with Crippen LogP contribution >= 0.6 is 11.8 Å². The van der Waals surface area contributed by atoms with Crippen molar-refractivity contribution in [2.45, 2.75) is 23.5 Å². The summed E-state index contributed by atoms with van der Waals surface area (Å²) in [5.74, 6) is 0.0787. The third-order valence-electron chi connectivity index (χ3n) is 2.25. The lowest BCUT2D eigenvalue weighted by molar-refractivity contribution is -0.120. The predicted molar refractivity (Wildman–Crippen MR) is 71.3 cm³/mol. The van der Waals surface area contributed by atoms with Gasteiger partial charge >= 0.3 is 0 Å². The van der Waals surface area contributed by atoms with E-state index in [0.29, 0.717) is 13.2 Å². The molecule has 0 aliphatic rings. The van der Waals surface area contributed by atoms with Crippen molar-refractivity contribution in [2.75, 3.05) is 20.3 Å². The molecule has 17 heavy (non-hydrogen) atoms. The van der Waals surface area contributed by atoms with E-state index in [1.165, 1.54) is 0 Å². The highest BCUT2D eigenvalue weighted by Crippen LogP contribution is 2.22. The Morgan fingerprint density at radius 2 is 2.12 bits per heavy atom. The molecule has 1 rings (SSSR count). The van der Waals surface area contributed by atoms with Crippen LogP contribution in [-0.4, -0.2) is 31.4 Å². The second kappa shape index (κ2) is 8.14. The van der Waals surface area contributed by atoms with Crippen LogP contribution in [-0.2, 0) is 9.53 Å². The van der Waals surface area contributed by atoms with E-state index in [0.717, 1.165) is 11.3 Å². The second-order valence-corrected chi connectivity index (χ2v) is 5.12. The Balaban J connectivity index is 2.27. The topological polar surface area (TPSA) is 38.3 Å². The number of thioether (sulfide) groups is 1. The second-order valence-electron chi connectivity index (χ2n) is 3.71. The molecule has 1 aromatic rings. The first-order valence-corrected chi connectivity index (χ1v) is 6.60. The van der Waals surface area contributed by atoms with Gasteiger partial charge in [-0.05, 0) is 25.5 Å². The minimum atomic E-state index is -0.0695. The van der Waals surface area contributed by atoms with Crippen LogP contribution in [0.5, 0.6) is 0 Å². The van der Waals surface area contributed by atoms with Crippen molar-refractivity contribution < 1.29 is 9.53 Å². The van der Waals surface area contributed by atoms with Gasteiger partial charge in [0.2, 0.25) is 5.91 Å². The van der Waals surface area contributed by atoms with Crippen molar-refractivity contribution in [2.24, 2.45) is 0 Å². The Morgan fingerprint density at radius 1 is 1.41 bits per heavy atom. The molecule has 0 unspecified atom stereocenters. The molecule has 1 amide bonds. The highest BCUT2D eigenvalue weighted by Gasteiger charge is 2.13. The largest absolute Gasteiger partial charge is 0.385 e. The van der Waals surface area contributed by atoms with E-state index in [1.54, 1.807) is 18.9 Å². The number of ether oxygens (including phenoxy) is 1. The van der Waals surface area contributed by atoms with E-state index in [1.807, 2.05) is 37.3 Å². The minimum Gasteiger partial charge on any atom is -0.385 e. The molecule has 0 aliphatic carbocycles. The maximum atomic E-state index is 11.7. The molecule has 0 aromatic heterocycles. The van der Waals surface area contributed by atoms with Crippen molar-refractivity contribution in [1.82, 2.24) is 5.32 Å². The molecule has 0 fully saturated rings. The summed E-state index contributed by atoms with van der Waals surface area (Å²) in [6.07, 6.45) is 0.852. The number of hydrogen-bond donors (Lipinski definition) is 1. The Labute approximate surface area is 107 Å². The minimum absolute atomic E-state index is 0.0695. The summed E-state index contributed by atoms with van der Waals surface area (Å²) in [6.45, 7) is 3.27. The van der Waals surface area contributed by atoms with Gasteiger partial charge in [-0.15, -0.1) is 11.8 Å². The van der Waals surface area contributed by atoms with Gasteiger partial charge in [-0.2, -0.15) is 0 Å². The van der Waals surface area contributed by atoms with Gasteiger partial charge in [0.15, 0.2) is 0 Å². The molecule has 0 heterocycles. The van der Waals surface area contributed by atoms with Gasteiger partial charge in [0, 0.05) is 25.2 Å². The van der Waals surface area contributed by atoms with Gasteiger partial charge in [0.05, 0.1) is 5.25 Å². The summed E-state index contributed by atoms with van der Waals surface area (Å²) in [6, 6.07) is 9.95. The monoisotopic (exact) mass is 253 g/mol. The molecule has 0 radical (unpaired) electrons. The van der Waals surface area contributed by atoms with Crippen LogP contribution in [0.3, 0.4) is 0 Å². The van der Waals surface area contributed by atoms with Gasteiger partial charge in [-0.1, -0.05) is 18.2 Å². The van der Waals surface area contributed by atoms with Crippen molar-refractivity contribution in [3.05, 3.63) is 30.3 Å². The highest BCUT2D eigenvalue weighted by molar-refractivity contribution is 8.00. The maximum Gasteiger partial charge on any atom is 0.233 e. The summed E-state index contributed by atoms with van der Waals surface area (Å²) in [4.78, 5) is 12.9. The van der Waals surface area contributed by atoms with Crippen LogP contribution in [0, 0.1) is 0 Å². The predicted octanol–water partition coefficient (Wildman–Crippen LogP) is 2.32. The third kappa shape index (κ3) is 5.75. The number of amides is 1. The Hall–Kier alpha value is -1.00. The summed E-state index contributed by atoms with van der Waals surface area (Å²) >= 11 is 1.57. The zero-order chi connectivity index (χ0) is 12.5. The normalized spacial score (nSPS) is 12.1. The average Bonchev–Trinajstić information content (AvgIpc) is 2.35. The van der Waals surface area contributed by atoms with Crippen LogP contribution < -0.4 is 5.32 Å². The Morgan fingerprint density at radius 3 is 2.76 bits per heavy atom. The first-order valence-electron chi connectivity index (χ1n) is 5.72. The van der Waals surface area contributed by atoms with Crippen LogP contribution in [0.2, 0.25) is 0 Å². The molecule has 3 nitrogen and oxygen atoms in total. The quantitative estimate of drug-likeness (QED) is 0.598. The van der Waals surface area contributed by atoms with Gasteiger partial charge in [-0.25, -0.2) is 0 Å². The molecular weight excluding hydrogens is 234 g/mol. The fourth-order valence-electron chi connectivity index (χ4n) is 1.33. The molecule has 0 spiro atoms.